The molecular formula is C20H28N4O4. The molecule has 8 heteroatoms. The second kappa shape index (κ2) is 8.08. The molecule has 3 rings (SSSR count). The van der Waals surface area contributed by atoms with Crippen LogP contribution in [0.4, 0.5) is 4.79 Å². The largest absolute Gasteiger partial charge is 0.497 e. The van der Waals surface area contributed by atoms with Crippen LogP contribution in [0.25, 0.3) is 0 Å². The molecule has 0 unspecified atom stereocenters. The predicted octanol–water partition coefficient (Wildman–Crippen LogP) is 0.570. The van der Waals surface area contributed by atoms with E-state index < -0.39 is 5.41 Å². The van der Waals surface area contributed by atoms with Crippen LogP contribution in [0.15, 0.2) is 24.3 Å². The van der Waals surface area contributed by atoms with Gasteiger partial charge in [-0.1, -0.05) is 12.1 Å². The molecule has 152 valence electrons. The SMILES string of the molecule is COc1ccc(CC(=O)N2CCN(C(=O)N(C)C)C[C@]3(CNC(=O)C3)C2)cc1. The van der Waals surface area contributed by atoms with E-state index in [0.717, 1.165) is 11.3 Å². The van der Waals surface area contributed by atoms with Crippen LogP contribution in [0.5, 0.6) is 5.75 Å². The summed E-state index contributed by atoms with van der Waals surface area (Å²) in [6.07, 6.45) is 0.611. The van der Waals surface area contributed by atoms with Gasteiger partial charge in [-0.05, 0) is 17.7 Å². The lowest BCUT2D eigenvalue weighted by molar-refractivity contribution is -0.131. The fourth-order valence-electron chi connectivity index (χ4n) is 3.92. The third-order valence-corrected chi connectivity index (χ3v) is 5.41. The van der Waals surface area contributed by atoms with E-state index in [9.17, 15) is 14.4 Å². The first-order valence-electron chi connectivity index (χ1n) is 9.45. The molecule has 0 aromatic heterocycles. The molecule has 1 atom stereocenters. The standard InChI is InChI=1S/C20H28N4O4/c1-22(2)19(27)24-9-8-23(13-20(14-24)11-17(25)21-12-20)18(26)10-15-4-6-16(28-3)7-5-15/h4-7H,8-14H2,1-3H3,(H,21,25)/t20-/m1/s1. The zero-order valence-corrected chi connectivity index (χ0v) is 16.7. The topological polar surface area (TPSA) is 82.2 Å². The zero-order chi connectivity index (χ0) is 20.3. The number of ether oxygens (including phenoxy) is 1. The summed E-state index contributed by atoms with van der Waals surface area (Å²) in [6, 6.07) is 7.34. The molecule has 2 fully saturated rings. The first-order chi connectivity index (χ1) is 13.3. The van der Waals surface area contributed by atoms with E-state index in [-0.39, 0.29) is 24.3 Å². The van der Waals surface area contributed by atoms with Crippen molar-refractivity contribution in [2.75, 3.05) is 53.9 Å². The summed E-state index contributed by atoms with van der Waals surface area (Å²) in [6.45, 7) is 2.34. The maximum Gasteiger partial charge on any atom is 0.319 e. The molecule has 0 aliphatic carbocycles. The summed E-state index contributed by atoms with van der Waals surface area (Å²) in [5.74, 6) is 0.725. The van der Waals surface area contributed by atoms with Gasteiger partial charge in [0.25, 0.3) is 0 Å². The molecule has 1 spiro atoms. The van der Waals surface area contributed by atoms with Crippen LogP contribution in [0.3, 0.4) is 0 Å². The predicted molar refractivity (Wildman–Crippen MR) is 104 cm³/mol. The lowest BCUT2D eigenvalue weighted by Crippen LogP contribution is -2.47. The van der Waals surface area contributed by atoms with Gasteiger partial charge in [-0.15, -0.1) is 0 Å². The number of carbonyl (C=O) groups excluding carboxylic acids is 3. The van der Waals surface area contributed by atoms with E-state index in [2.05, 4.69) is 5.32 Å². The molecule has 1 aromatic carbocycles. The van der Waals surface area contributed by atoms with Crippen LogP contribution in [-0.2, 0) is 16.0 Å². The Balaban J connectivity index is 1.75. The van der Waals surface area contributed by atoms with Gasteiger partial charge in [-0.2, -0.15) is 0 Å². The molecule has 28 heavy (non-hydrogen) atoms. The molecule has 1 aromatic rings. The van der Waals surface area contributed by atoms with Gasteiger partial charge in [0.2, 0.25) is 11.8 Å². The minimum atomic E-state index is -0.436. The molecule has 2 saturated heterocycles. The van der Waals surface area contributed by atoms with E-state index in [1.807, 2.05) is 24.3 Å². The fraction of sp³-hybridized carbons (Fsp3) is 0.550. The van der Waals surface area contributed by atoms with Gasteiger partial charge in [0.05, 0.1) is 13.5 Å². The molecule has 8 nitrogen and oxygen atoms in total. The Hall–Kier alpha value is -2.77. The zero-order valence-electron chi connectivity index (χ0n) is 16.7. The number of benzene rings is 1. The van der Waals surface area contributed by atoms with Gasteiger partial charge in [-0.25, -0.2) is 4.79 Å². The molecule has 0 saturated carbocycles. The average molecular weight is 388 g/mol. The average Bonchev–Trinajstić information content (AvgIpc) is 2.92. The molecule has 2 heterocycles. The molecule has 2 aliphatic heterocycles. The summed E-state index contributed by atoms with van der Waals surface area (Å²) in [7, 11) is 5.03. The van der Waals surface area contributed by atoms with Gasteiger partial charge in [0, 0.05) is 58.7 Å². The van der Waals surface area contributed by atoms with Gasteiger partial charge in [0.1, 0.15) is 5.75 Å². The molecule has 2 aliphatic rings. The van der Waals surface area contributed by atoms with Crippen molar-refractivity contribution in [1.82, 2.24) is 20.0 Å². The van der Waals surface area contributed by atoms with E-state index in [1.165, 1.54) is 4.90 Å². The van der Waals surface area contributed by atoms with Crippen LogP contribution in [0.2, 0.25) is 0 Å². The van der Waals surface area contributed by atoms with Crippen LogP contribution in [-0.4, -0.2) is 86.5 Å². The van der Waals surface area contributed by atoms with E-state index in [0.29, 0.717) is 39.1 Å². The summed E-state index contributed by atoms with van der Waals surface area (Å²) in [4.78, 5) is 42.5. The number of nitrogens with one attached hydrogen (secondary N) is 1. The second-order valence-electron chi connectivity index (χ2n) is 7.89. The number of carbonyl (C=O) groups is 3. The molecule has 0 bridgehead atoms. The number of hydrogen-bond acceptors (Lipinski definition) is 4. The Bertz CT molecular complexity index is 749. The van der Waals surface area contributed by atoms with Crippen molar-refractivity contribution in [3.63, 3.8) is 0 Å². The number of methoxy groups -OCH3 is 1. The van der Waals surface area contributed by atoms with E-state index >= 15 is 0 Å². The maximum absolute atomic E-state index is 13.0. The Kier molecular flexibility index (Phi) is 5.76. The highest BCUT2D eigenvalue weighted by Gasteiger charge is 2.45. The van der Waals surface area contributed by atoms with E-state index in [4.69, 9.17) is 4.74 Å². The molecule has 0 radical (unpaired) electrons. The van der Waals surface area contributed by atoms with Crippen molar-refractivity contribution < 1.29 is 19.1 Å². The summed E-state index contributed by atoms with van der Waals surface area (Å²) < 4.78 is 5.16. The van der Waals surface area contributed by atoms with Gasteiger partial charge in [0.15, 0.2) is 0 Å². The van der Waals surface area contributed by atoms with E-state index in [1.54, 1.807) is 31.0 Å². The Morgan fingerprint density at radius 2 is 1.79 bits per heavy atom. The first kappa shape index (κ1) is 20.0. The fourth-order valence-corrected chi connectivity index (χ4v) is 3.92. The Morgan fingerprint density at radius 3 is 2.36 bits per heavy atom. The maximum atomic E-state index is 13.0. The van der Waals surface area contributed by atoms with Crippen molar-refractivity contribution >= 4 is 17.8 Å². The number of amides is 4. The number of rotatable bonds is 3. The molecule has 1 N–H and O–H groups in total. The van der Waals surface area contributed by atoms with Crippen LogP contribution < -0.4 is 10.1 Å². The van der Waals surface area contributed by atoms with Gasteiger partial charge < -0.3 is 24.8 Å². The van der Waals surface area contributed by atoms with Crippen molar-refractivity contribution in [2.24, 2.45) is 5.41 Å². The highest BCUT2D eigenvalue weighted by Crippen LogP contribution is 2.31. The summed E-state index contributed by atoms with van der Waals surface area (Å²) in [5, 5.41) is 2.88. The first-order valence-corrected chi connectivity index (χ1v) is 9.45. The normalized spacial score (nSPS) is 22.0. The highest BCUT2D eigenvalue weighted by atomic mass is 16.5. The smallest absolute Gasteiger partial charge is 0.319 e. The van der Waals surface area contributed by atoms with Crippen molar-refractivity contribution in [2.45, 2.75) is 12.8 Å². The number of nitrogens with zero attached hydrogens (tertiary/aromatic N) is 3. The lowest BCUT2D eigenvalue weighted by Gasteiger charge is -2.33. The quantitative estimate of drug-likeness (QED) is 0.821. The number of hydrogen-bond donors (Lipinski definition) is 1. The third-order valence-electron chi connectivity index (χ3n) is 5.41. The summed E-state index contributed by atoms with van der Waals surface area (Å²) in [5.41, 5.74) is 0.473. The van der Waals surface area contributed by atoms with Crippen molar-refractivity contribution in [1.29, 1.82) is 0 Å². The minimum Gasteiger partial charge on any atom is -0.497 e. The molecule has 4 amide bonds. The lowest BCUT2D eigenvalue weighted by atomic mass is 9.86. The second-order valence-corrected chi connectivity index (χ2v) is 7.89. The van der Waals surface area contributed by atoms with Crippen molar-refractivity contribution in [3.8, 4) is 5.75 Å². The number of urea groups is 1. The van der Waals surface area contributed by atoms with Crippen molar-refractivity contribution in [3.05, 3.63) is 29.8 Å². The highest BCUT2D eigenvalue weighted by molar-refractivity contribution is 5.82. The molecular weight excluding hydrogens is 360 g/mol. The Morgan fingerprint density at radius 1 is 1.14 bits per heavy atom. The van der Waals surface area contributed by atoms with Crippen LogP contribution >= 0.6 is 0 Å². The van der Waals surface area contributed by atoms with Gasteiger partial charge in [-0.3, -0.25) is 9.59 Å². The van der Waals surface area contributed by atoms with Gasteiger partial charge >= 0.3 is 6.03 Å². The van der Waals surface area contributed by atoms with Crippen LogP contribution in [0, 0.1) is 5.41 Å². The third kappa shape index (κ3) is 4.37. The monoisotopic (exact) mass is 388 g/mol. The van der Waals surface area contributed by atoms with Crippen LogP contribution in [0.1, 0.15) is 12.0 Å². The minimum absolute atomic E-state index is 0.00282. The summed E-state index contributed by atoms with van der Waals surface area (Å²) >= 11 is 0. The Labute approximate surface area is 165 Å².